The molecular formula is C20H16FN3O2. The third kappa shape index (κ3) is 3.59. The minimum Gasteiger partial charge on any atom is -0.288 e. The quantitative estimate of drug-likeness (QED) is 0.837. The zero-order valence-electron chi connectivity index (χ0n) is 14.0. The molecule has 0 aromatic heterocycles. The molecule has 2 aromatic carbocycles. The van der Waals surface area contributed by atoms with Gasteiger partial charge in [0.05, 0.1) is 0 Å². The van der Waals surface area contributed by atoms with Crippen molar-refractivity contribution in [2.75, 3.05) is 0 Å². The van der Waals surface area contributed by atoms with Gasteiger partial charge in [-0.1, -0.05) is 36.4 Å². The predicted molar refractivity (Wildman–Crippen MR) is 97.9 cm³/mol. The number of carbonyl (C=O) groups excluding carboxylic acids is 2. The van der Waals surface area contributed by atoms with Crippen LogP contribution in [0.25, 0.3) is 11.1 Å². The summed E-state index contributed by atoms with van der Waals surface area (Å²) in [5.41, 5.74) is 4.25. The summed E-state index contributed by atoms with van der Waals surface area (Å²) in [4.78, 5) is 24.6. The number of carbonyl (C=O) groups is 2. The number of nitrogens with one attached hydrogen (secondary N) is 2. The Kier molecular flexibility index (Phi) is 5.03. The SMILES string of the molecule is Cc1c(C(=O)NC(=O)C2=CC=NNC=C2)ccc(-c2ccccc2)c1F. The molecule has 1 aliphatic rings. The molecule has 0 saturated heterocycles. The number of hydrogen-bond acceptors (Lipinski definition) is 4. The lowest BCUT2D eigenvalue weighted by Gasteiger charge is -2.11. The largest absolute Gasteiger partial charge is 0.288 e. The van der Waals surface area contributed by atoms with Crippen LogP contribution in [0.2, 0.25) is 0 Å². The standard InChI is InChI=1S/C20H16FN3O2/c1-13-16(7-8-17(18(13)21)14-5-3-2-4-6-14)20(26)24-19(25)15-9-11-22-23-12-10-15/h2-12,22H,1H3,(H,24,25,26). The number of benzene rings is 2. The molecule has 0 aliphatic carbocycles. The molecule has 26 heavy (non-hydrogen) atoms. The molecule has 0 fully saturated rings. The van der Waals surface area contributed by atoms with Crippen LogP contribution >= 0.6 is 0 Å². The lowest BCUT2D eigenvalue weighted by molar-refractivity contribution is -0.116. The molecular weight excluding hydrogens is 333 g/mol. The molecule has 2 N–H and O–H groups in total. The molecule has 0 radical (unpaired) electrons. The molecule has 0 unspecified atom stereocenters. The fraction of sp³-hybridized carbons (Fsp3) is 0.0500. The third-order valence-corrected chi connectivity index (χ3v) is 3.95. The lowest BCUT2D eigenvalue weighted by atomic mass is 9.98. The molecule has 0 saturated carbocycles. The van der Waals surface area contributed by atoms with Gasteiger partial charge in [0.2, 0.25) is 0 Å². The van der Waals surface area contributed by atoms with E-state index in [1.54, 1.807) is 18.2 Å². The Hall–Kier alpha value is -3.54. The van der Waals surface area contributed by atoms with Crippen molar-refractivity contribution in [2.24, 2.45) is 5.10 Å². The van der Waals surface area contributed by atoms with Crippen LogP contribution in [0, 0.1) is 12.7 Å². The van der Waals surface area contributed by atoms with Gasteiger partial charge < -0.3 is 0 Å². The summed E-state index contributed by atoms with van der Waals surface area (Å²) in [7, 11) is 0. The number of nitrogens with zero attached hydrogens (tertiary/aromatic N) is 1. The molecule has 2 aromatic rings. The smallest absolute Gasteiger partial charge is 0.258 e. The summed E-state index contributed by atoms with van der Waals surface area (Å²) in [6, 6.07) is 12.1. The van der Waals surface area contributed by atoms with Crippen molar-refractivity contribution in [2.45, 2.75) is 6.92 Å². The van der Waals surface area contributed by atoms with Gasteiger partial charge in [0.1, 0.15) is 5.82 Å². The van der Waals surface area contributed by atoms with Crippen LogP contribution in [0.5, 0.6) is 0 Å². The maximum atomic E-state index is 14.7. The average molecular weight is 349 g/mol. The summed E-state index contributed by atoms with van der Waals surface area (Å²) < 4.78 is 14.7. The second-order valence-electron chi connectivity index (χ2n) is 5.61. The molecule has 0 atom stereocenters. The first-order valence-electron chi connectivity index (χ1n) is 7.93. The van der Waals surface area contributed by atoms with Crippen molar-refractivity contribution in [3.63, 3.8) is 0 Å². The molecule has 0 spiro atoms. The highest BCUT2D eigenvalue weighted by Gasteiger charge is 2.19. The Morgan fingerprint density at radius 1 is 1.08 bits per heavy atom. The van der Waals surface area contributed by atoms with E-state index < -0.39 is 17.6 Å². The van der Waals surface area contributed by atoms with Crippen molar-refractivity contribution in [1.29, 1.82) is 0 Å². The Bertz CT molecular complexity index is 947. The Morgan fingerprint density at radius 3 is 2.62 bits per heavy atom. The number of rotatable bonds is 3. The van der Waals surface area contributed by atoms with Gasteiger partial charge in [0.25, 0.3) is 11.8 Å². The first kappa shape index (κ1) is 17.3. The maximum Gasteiger partial charge on any atom is 0.258 e. The number of hydrogen-bond donors (Lipinski definition) is 2. The van der Waals surface area contributed by atoms with Crippen molar-refractivity contribution in [3.8, 4) is 11.1 Å². The molecule has 3 rings (SSSR count). The first-order chi connectivity index (χ1) is 12.6. The van der Waals surface area contributed by atoms with Crippen LogP contribution in [0.1, 0.15) is 15.9 Å². The van der Waals surface area contributed by atoms with Crippen LogP contribution < -0.4 is 10.7 Å². The van der Waals surface area contributed by atoms with Crippen LogP contribution in [-0.2, 0) is 4.79 Å². The van der Waals surface area contributed by atoms with Crippen molar-refractivity contribution in [1.82, 2.24) is 10.7 Å². The zero-order chi connectivity index (χ0) is 18.5. The number of halogens is 1. The van der Waals surface area contributed by atoms with Crippen LogP contribution in [0.15, 0.2) is 71.5 Å². The second kappa shape index (κ2) is 7.57. The van der Waals surface area contributed by atoms with Crippen molar-refractivity contribution >= 4 is 18.0 Å². The molecule has 6 heteroatoms. The summed E-state index contributed by atoms with van der Waals surface area (Å²) in [6.45, 7) is 1.52. The minimum absolute atomic E-state index is 0.112. The number of allylic oxidation sites excluding steroid dienone is 1. The van der Waals surface area contributed by atoms with Gasteiger partial charge in [-0.3, -0.25) is 20.3 Å². The summed E-state index contributed by atoms with van der Waals surface area (Å²) in [5.74, 6) is -1.73. The molecule has 2 amide bonds. The van der Waals surface area contributed by atoms with Gasteiger partial charge in [0.15, 0.2) is 0 Å². The van der Waals surface area contributed by atoms with Gasteiger partial charge in [0, 0.05) is 29.1 Å². The van der Waals surface area contributed by atoms with E-state index in [1.807, 2.05) is 18.2 Å². The van der Waals surface area contributed by atoms with E-state index in [2.05, 4.69) is 15.8 Å². The fourth-order valence-corrected chi connectivity index (χ4v) is 2.55. The Balaban J connectivity index is 1.84. The predicted octanol–water partition coefficient (Wildman–Crippen LogP) is 3.09. The normalized spacial score (nSPS) is 12.8. The molecule has 1 heterocycles. The third-order valence-electron chi connectivity index (χ3n) is 3.95. The Labute approximate surface area is 149 Å². The first-order valence-corrected chi connectivity index (χ1v) is 7.93. The molecule has 1 aliphatic heterocycles. The second-order valence-corrected chi connectivity index (χ2v) is 5.61. The van der Waals surface area contributed by atoms with E-state index >= 15 is 0 Å². The summed E-state index contributed by atoms with van der Waals surface area (Å²) >= 11 is 0. The van der Waals surface area contributed by atoms with Crippen molar-refractivity contribution in [3.05, 3.63) is 83.3 Å². The van der Waals surface area contributed by atoms with Gasteiger partial charge in [-0.2, -0.15) is 5.10 Å². The van der Waals surface area contributed by atoms with E-state index in [9.17, 15) is 14.0 Å². The highest BCUT2D eigenvalue weighted by atomic mass is 19.1. The van der Waals surface area contributed by atoms with E-state index in [0.29, 0.717) is 5.56 Å². The fourth-order valence-electron chi connectivity index (χ4n) is 2.55. The molecule has 130 valence electrons. The highest BCUT2D eigenvalue weighted by Crippen LogP contribution is 2.26. The van der Waals surface area contributed by atoms with E-state index in [0.717, 1.165) is 5.56 Å². The monoisotopic (exact) mass is 349 g/mol. The Morgan fingerprint density at radius 2 is 1.85 bits per heavy atom. The van der Waals surface area contributed by atoms with Crippen LogP contribution in [0.4, 0.5) is 4.39 Å². The zero-order valence-corrected chi connectivity index (χ0v) is 14.0. The minimum atomic E-state index is -0.658. The highest BCUT2D eigenvalue weighted by molar-refractivity contribution is 6.12. The van der Waals surface area contributed by atoms with Gasteiger partial charge in [-0.05, 0) is 36.3 Å². The van der Waals surface area contributed by atoms with Crippen LogP contribution in [-0.4, -0.2) is 18.0 Å². The van der Waals surface area contributed by atoms with Gasteiger partial charge in [-0.15, -0.1) is 0 Å². The number of imide groups is 1. The van der Waals surface area contributed by atoms with E-state index in [-0.39, 0.29) is 16.7 Å². The maximum absolute atomic E-state index is 14.7. The van der Waals surface area contributed by atoms with Gasteiger partial charge in [-0.25, -0.2) is 4.39 Å². The molecule has 0 bridgehead atoms. The van der Waals surface area contributed by atoms with Crippen LogP contribution in [0.3, 0.4) is 0 Å². The van der Waals surface area contributed by atoms with E-state index in [4.69, 9.17) is 0 Å². The lowest BCUT2D eigenvalue weighted by Crippen LogP contribution is -2.32. The van der Waals surface area contributed by atoms with Gasteiger partial charge >= 0.3 is 0 Å². The summed E-state index contributed by atoms with van der Waals surface area (Å²) in [5, 5.41) is 6.02. The van der Waals surface area contributed by atoms with E-state index in [1.165, 1.54) is 37.6 Å². The molecule has 5 nitrogen and oxygen atoms in total. The average Bonchev–Trinajstić information content (AvgIpc) is 2.94. The van der Waals surface area contributed by atoms with Crippen molar-refractivity contribution < 1.29 is 14.0 Å². The number of amides is 2. The summed E-state index contributed by atoms with van der Waals surface area (Å²) in [6.07, 6.45) is 5.82. The number of hydrazone groups is 1. The topological polar surface area (TPSA) is 70.6 Å².